The van der Waals surface area contributed by atoms with Crippen molar-refractivity contribution < 1.29 is 4.79 Å². The van der Waals surface area contributed by atoms with E-state index in [1.165, 1.54) is 0 Å². The van der Waals surface area contributed by atoms with Crippen LogP contribution < -0.4 is 5.32 Å². The summed E-state index contributed by atoms with van der Waals surface area (Å²) in [6.07, 6.45) is 1.39. The molecule has 0 aliphatic carbocycles. The Balaban J connectivity index is 3.68. The molecule has 0 rings (SSSR count). The molecular formula is C8H17NOS2. The minimum Gasteiger partial charge on any atom is -0.350 e. The molecule has 4 heteroatoms. The van der Waals surface area contributed by atoms with Gasteiger partial charge in [-0.25, -0.2) is 0 Å². The predicted octanol–water partition coefficient (Wildman–Crippen LogP) is 1.52. The fourth-order valence-electron chi connectivity index (χ4n) is 0.719. The summed E-state index contributed by atoms with van der Waals surface area (Å²) in [4.78, 5) is 11.2. The van der Waals surface area contributed by atoms with E-state index in [-0.39, 0.29) is 11.4 Å². The molecule has 0 fully saturated rings. The Morgan fingerprint density at radius 3 is 2.42 bits per heavy atom. The Labute approximate surface area is 85.3 Å². The van der Waals surface area contributed by atoms with Crippen molar-refractivity contribution in [2.24, 2.45) is 0 Å². The second kappa shape index (κ2) is 5.75. The number of carbonyl (C=O) groups is 1. The largest absolute Gasteiger partial charge is 0.350 e. The number of amides is 1. The van der Waals surface area contributed by atoms with Crippen LogP contribution in [0.15, 0.2) is 0 Å². The summed E-state index contributed by atoms with van der Waals surface area (Å²) in [5.74, 6) is 1.50. The molecule has 0 aromatic heterocycles. The zero-order chi connectivity index (χ0) is 9.61. The molecule has 0 unspecified atom stereocenters. The van der Waals surface area contributed by atoms with E-state index in [0.29, 0.717) is 12.2 Å². The van der Waals surface area contributed by atoms with Crippen molar-refractivity contribution in [1.82, 2.24) is 5.32 Å². The van der Waals surface area contributed by atoms with Crippen molar-refractivity contribution in [3.63, 3.8) is 0 Å². The normalized spacial score (nSPS) is 11.3. The third-order valence-corrected chi connectivity index (χ3v) is 2.54. The summed E-state index contributed by atoms with van der Waals surface area (Å²) in [7, 11) is 0. The number of rotatable bonds is 5. The van der Waals surface area contributed by atoms with E-state index in [4.69, 9.17) is 0 Å². The first-order valence-electron chi connectivity index (χ1n) is 4.04. The van der Waals surface area contributed by atoms with Gasteiger partial charge >= 0.3 is 0 Å². The first-order valence-corrected chi connectivity index (χ1v) is 5.31. The summed E-state index contributed by atoms with van der Waals surface area (Å²) >= 11 is 8.17. The predicted molar refractivity (Wildman–Crippen MR) is 59.2 cm³/mol. The highest BCUT2D eigenvalue weighted by molar-refractivity contribution is 7.80. The summed E-state index contributed by atoms with van der Waals surface area (Å²) in [5, 5.41) is 2.89. The highest BCUT2D eigenvalue weighted by atomic mass is 32.1. The number of hydrogen-bond acceptors (Lipinski definition) is 3. The van der Waals surface area contributed by atoms with Gasteiger partial charge in [0, 0.05) is 17.7 Å². The smallest absolute Gasteiger partial charge is 0.220 e. The van der Waals surface area contributed by atoms with Crippen LogP contribution in [0, 0.1) is 0 Å². The van der Waals surface area contributed by atoms with Crippen LogP contribution >= 0.6 is 25.3 Å². The zero-order valence-corrected chi connectivity index (χ0v) is 9.42. The number of hydrogen-bond donors (Lipinski definition) is 3. The van der Waals surface area contributed by atoms with E-state index in [1.807, 2.05) is 13.8 Å². The molecule has 1 amide bonds. The molecule has 0 aliphatic heterocycles. The molecule has 2 nitrogen and oxygen atoms in total. The standard InChI is InChI=1S/C8H17NOS2/c1-8(2,6-12)9-7(10)4-3-5-11/h11-12H,3-6H2,1-2H3,(H,9,10). The molecule has 0 aliphatic rings. The van der Waals surface area contributed by atoms with Crippen molar-refractivity contribution in [3.05, 3.63) is 0 Å². The summed E-state index contributed by atoms with van der Waals surface area (Å²) in [6.45, 7) is 3.91. The average Bonchev–Trinajstić information content (AvgIpc) is 2.00. The van der Waals surface area contributed by atoms with Gasteiger partial charge in [-0.15, -0.1) is 0 Å². The van der Waals surface area contributed by atoms with Gasteiger partial charge in [0.2, 0.25) is 5.91 Å². The van der Waals surface area contributed by atoms with Gasteiger partial charge in [0.05, 0.1) is 0 Å². The van der Waals surface area contributed by atoms with Gasteiger partial charge in [-0.1, -0.05) is 0 Å². The van der Waals surface area contributed by atoms with E-state index < -0.39 is 0 Å². The van der Waals surface area contributed by atoms with Crippen molar-refractivity contribution in [1.29, 1.82) is 0 Å². The second-order valence-corrected chi connectivity index (χ2v) is 4.18. The van der Waals surface area contributed by atoms with Crippen LogP contribution in [-0.2, 0) is 4.79 Å². The third kappa shape index (κ3) is 5.77. The summed E-state index contributed by atoms with van der Waals surface area (Å²) in [6, 6.07) is 0. The molecule has 0 aromatic carbocycles. The summed E-state index contributed by atoms with van der Waals surface area (Å²) < 4.78 is 0. The topological polar surface area (TPSA) is 29.1 Å². The van der Waals surface area contributed by atoms with Gasteiger partial charge in [0.15, 0.2) is 0 Å². The van der Waals surface area contributed by atoms with Crippen LogP contribution in [0.1, 0.15) is 26.7 Å². The Kier molecular flexibility index (Phi) is 5.84. The SMILES string of the molecule is CC(C)(CS)NC(=O)CCCS. The molecule has 0 saturated carbocycles. The molecular weight excluding hydrogens is 190 g/mol. The number of nitrogens with one attached hydrogen (secondary N) is 1. The zero-order valence-electron chi connectivity index (χ0n) is 7.63. The van der Waals surface area contributed by atoms with Crippen LogP contribution in [-0.4, -0.2) is 23.0 Å². The van der Waals surface area contributed by atoms with Crippen LogP contribution in [0.3, 0.4) is 0 Å². The highest BCUT2D eigenvalue weighted by Crippen LogP contribution is 2.04. The highest BCUT2D eigenvalue weighted by Gasteiger charge is 2.17. The van der Waals surface area contributed by atoms with Crippen molar-refractivity contribution in [3.8, 4) is 0 Å². The van der Waals surface area contributed by atoms with E-state index in [0.717, 1.165) is 12.2 Å². The molecule has 0 aromatic rings. The molecule has 0 saturated heterocycles. The van der Waals surface area contributed by atoms with Crippen LogP contribution in [0.2, 0.25) is 0 Å². The molecule has 0 atom stereocenters. The Hall–Kier alpha value is 0.170. The minimum absolute atomic E-state index is 0.0862. The minimum atomic E-state index is -0.198. The van der Waals surface area contributed by atoms with Crippen LogP contribution in [0.25, 0.3) is 0 Å². The van der Waals surface area contributed by atoms with E-state index in [1.54, 1.807) is 0 Å². The maximum absolute atomic E-state index is 11.2. The van der Waals surface area contributed by atoms with Crippen LogP contribution in [0.4, 0.5) is 0 Å². The third-order valence-electron chi connectivity index (χ3n) is 1.44. The number of carbonyl (C=O) groups excluding carboxylic acids is 1. The van der Waals surface area contributed by atoms with Crippen molar-refractivity contribution in [2.45, 2.75) is 32.2 Å². The first-order chi connectivity index (χ1) is 5.52. The molecule has 0 spiro atoms. The monoisotopic (exact) mass is 207 g/mol. The fraction of sp³-hybridized carbons (Fsp3) is 0.875. The Morgan fingerprint density at radius 1 is 1.42 bits per heavy atom. The lowest BCUT2D eigenvalue weighted by Gasteiger charge is -2.23. The lowest BCUT2D eigenvalue weighted by molar-refractivity contribution is -0.122. The summed E-state index contributed by atoms with van der Waals surface area (Å²) in [5.41, 5.74) is -0.198. The Morgan fingerprint density at radius 2 is 2.00 bits per heavy atom. The van der Waals surface area contributed by atoms with Gasteiger partial charge in [-0.3, -0.25) is 4.79 Å². The van der Waals surface area contributed by atoms with Gasteiger partial charge in [0.25, 0.3) is 0 Å². The van der Waals surface area contributed by atoms with E-state index in [2.05, 4.69) is 30.6 Å². The second-order valence-electron chi connectivity index (χ2n) is 3.42. The molecule has 0 radical (unpaired) electrons. The number of thiol groups is 2. The maximum Gasteiger partial charge on any atom is 0.220 e. The van der Waals surface area contributed by atoms with Crippen LogP contribution in [0.5, 0.6) is 0 Å². The quantitative estimate of drug-likeness (QED) is 0.586. The fourth-order valence-corrected chi connectivity index (χ4v) is 0.956. The van der Waals surface area contributed by atoms with Gasteiger partial charge in [-0.05, 0) is 26.0 Å². The maximum atomic E-state index is 11.2. The lowest BCUT2D eigenvalue weighted by Crippen LogP contribution is -2.44. The van der Waals surface area contributed by atoms with Crippen molar-refractivity contribution >= 4 is 31.2 Å². The van der Waals surface area contributed by atoms with Crippen molar-refractivity contribution in [2.75, 3.05) is 11.5 Å². The van der Waals surface area contributed by atoms with E-state index >= 15 is 0 Å². The van der Waals surface area contributed by atoms with Gasteiger partial charge in [0.1, 0.15) is 0 Å². The average molecular weight is 207 g/mol. The molecule has 1 N–H and O–H groups in total. The molecule has 12 heavy (non-hydrogen) atoms. The molecule has 0 bridgehead atoms. The Bertz CT molecular complexity index is 148. The lowest BCUT2D eigenvalue weighted by atomic mass is 10.1. The van der Waals surface area contributed by atoms with E-state index in [9.17, 15) is 4.79 Å². The van der Waals surface area contributed by atoms with Gasteiger partial charge in [-0.2, -0.15) is 25.3 Å². The molecule has 0 heterocycles. The first kappa shape index (κ1) is 12.2. The molecule has 72 valence electrons. The van der Waals surface area contributed by atoms with Gasteiger partial charge < -0.3 is 5.32 Å².